The summed E-state index contributed by atoms with van der Waals surface area (Å²) in [4.78, 5) is 9.18. The van der Waals surface area contributed by atoms with E-state index >= 15 is 0 Å². The fourth-order valence-corrected chi connectivity index (χ4v) is 3.30. The maximum atomic E-state index is 13.6. The van der Waals surface area contributed by atoms with Crippen molar-refractivity contribution in [2.24, 2.45) is 0 Å². The van der Waals surface area contributed by atoms with Crippen LogP contribution in [0.15, 0.2) is 29.6 Å². The minimum atomic E-state index is -0.836. The third-order valence-corrected chi connectivity index (χ3v) is 5.23. The highest BCUT2D eigenvalue weighted by Crippen LogP contribution is 2.28. The Bertz CT molecular complexity index is 943. The molecule has 2 atom stereocenters. The van der Waals surface area contributed by atoms with Crippen molar-refractivity contribution in [3.05, 3.63) is 41.6 Å². The molecule has 0 fully saturated rings. The molecule has 0 radical (unpaired) electrons. The van der Waals surface area contributed by atoms with E-state index in [1.807, 2.05) is 24.8 Å². The van der Waals surface area contributed by atoms with Crippen LogP contribution in [0.25, 0.3) is 11.0 Å². The van der Waals surface area contributed by atoms with E-state index in [0.717, 1.165) is 35.6 Å². The number of halogens is 2. The Hall–Kier alpha value is -2.22. The van der Waals surface area contributed by atoms with Crippen molar-refractivity contribution < 1.29 is 8.78 Å². The number of nitrogens with zero attached hydrogens (tertiary/aromatic N) is 4. The number of hydrogen-bond donors (Lipinski definition) is 1. The molecule has 2 aromatic heterocycles. The summed E-state index contributed by atoms with van der Waals surface area (Å²) < 4.78 is 28.7. The van der Waals surface area contributed by atoms with Crippen molar-refractivity contribution in [2.45, 2.75) is 50.9 Å². The van der Waals surface area contributed by atoms with Crippen molar-refractivity contribution in [3.8, 4) is 0 Å². The number of aromatic nitrogens is 4. The number of hydrogen-bond acceptors (Lipinski definition) is 5. The Morgan fingerprint density at radius 2 is 1.96 bits per heavy atom. The molecule has 0 unspecified atom stereocenters. The first-order chi connectivity index (χ1) is 12.9. The number of aryl methyl sites for hydroxylation is 1. The second-order valence-electron chi connectivity index (χ2n) is 6.56. The summed E-state index contributed by atoms with van der Waals surface area (Å²) in [6.45, 7) is 6.84. The average molecular weight is 391 g/mol. The molecule has 0 saturated heterocycles. The molecule has 3 rings (SSSR count). The van der Waals surface area contributed by atoms with Crippen molar-refractivity contribution in [3.63, 3.8) is 0 Å². The number of anilines is 1. The molecule has 5 nitrogen and oxygen atoms in total. The highest BCUT2D eigenvalue weighted by atomic mass is 32.2. The lowest BCUT2D eigenvalue weighted by atomic mass is 9.94. The molecule has 27 heavy (non-hydrogen) atoms. The first-order valence-electron chi connectivity index (χ1n) is 8.93. The largest absolute Gasteiger partial charge is 0.366 e. The van der Waals surface area contributed by atoms with Gasteiger partial charge in [0.1, 0.15) is 5.82 Å². The minimum absolute atomic E-state index is 0.0477. The normalized spacial score (nSPS) is 13.7. The monoisotopic (exact) mass is 391 g/mol. The van der Waals surface area contributed by atoms with E-state index < -0.39 is 11.6 Å². The summed E-state index contributed by atoms with van der Waals surface area (Å²) in [5, 5.41) is 9.35. The quantitative estimate of drug-likeness (QED) is 0.461. The van der Waals surface area contributed by atoms with Gasteiger partial charge >= 0.3 is 0 Å². The van der Waals surface area contributed by atoms with Gasteiger partial charge in [-0.1, -0.05) is 31.7 Å². The van der Waals surface area contributed by atoms with Crippen molar-refractivity contribution in [1.29, 1.82) is 0 Å². The van der Waals surface area contributed by atoms with E-state index in [4.69, 9.17) is 0 Å². The Morgan fingerprint density at radius 3 is 2.63 bits per heavy atom. The maximum absolute atomic E-state index is 13.6. The zero-order valence-corrected chi connectivity index (χ0v) is 16.6. The molecule has 144 valence electrons. The summed E-state index contributed by atoms with van der Waals surface area (Å²) in [5.41, 5.74) is 1.53. The predicted octanol–water partition coefficient (Wildman–Crippen LogP) is 4.84. The fourth-order valence-electron chi connectivity index (χ4n) is 2.94. The number of nitrogens with one attached hydrogen (secondary N) is 1. The molecule has 0 bridgehead atoms. The van der Waals surface area contributed by atoms with Crippen LogP contribution >= 0.6 is 11.8 Å². The average Bonchev–Trinajstić information content (AvgIpc) is 3.06. The lowest BCUT2D eigenvalue weighted by molar-refractivity contribution is 0.504. The number of rotatable bonds is 7. The van der Waals surface area contributed by atoms with Crippen LogP contribution < -0.4 is 5.32 Å². The van der Waals surface area contributed by atoms with Gasteiger partial charge in [0.2, 0.25) is 0 Å². The zero-order valence-electron chi connectivity index (χ0n) is 15.8. The second-order valence-corrected chi connectivity index (χ2v) is 7.33. The summed E-state index contributed by atoms with van der Waals surface area (Å²) in [6.07, 6.45) is 4.66. The van der Waals surface area contributed by atoms with Gasteiger partial charge in [-0.3, -0.25) is 0 Å². The number of thioether (sulfide) groups is 1. The molecule has 0 spiro atoms. The smallest absolute Gasteiger partial charge is 0.191 e. The van der Waals surface area contributed by atoms with Gasteiger partial charge in [0, 0.05) is 18.5 Å². The summed E-state index contributed by atoms with van der Waals surface area (Å²) >= 11 is 1.47. The van der Waals surface area contributed by atoms with Gasteiger partial charge in [-0.2, -0.15) is 5.10 Å². The van der Waals surface area contributed by atoms with E-state index in [9.17, 15) is 8.78 Å². The molecule has 0 aliphatic carbocycles. The molecule has 1 aromatic carbocycles. The summed E-state index contributed by atoms with van der Waals surface area (Å²) in [7, 11) is 0. The molecule has 1 N–H and O–H groups in total. The SMILES string of the molecule is CCCn1ncc2c(N[C@H](C)[C@@H](C)c3ccc(F)c(F)c3)nc(SC)nc21. The van der Waals surface area contributed by atoms with Crippen LogP contribution in [0.1, 0.15) is 38.7 Å². The molecule has 3 aromatic rings. The van der Waals surface area contributed by atoms with E-state index in [0.29, 0.717) is 11.0 Å². The summed E-state index contributed by atoms with van der Waals surface area (Å²) in [5.74, 6) is -1.01. The second kappa shape index (κ2) is 8.21. The molecule has 0 aliphatic heterocycles. The Balaban J connectivity index is 1.91. The third kappa shape index (κ3) is 4.05. The molecule has 0 aliphatic rings. The van der Waals surface area contributed by atoms with Crippen LogP contribution in [0.2, 0.25) is 0 Å². The Labute approximate surface area is 161 Å². The number of fused-ring (bicyclic) bond motifs is 1. The minimum Gasteiger partial charge on any atom is -0.366 e. The Morgan fingerprint density at radius 1 is 1.19 bits per heavy atom. The van der Waals surface area contributed by atoms with Crippen molar-refractivity contribution in [2.75, 3.05) is 11.6 Å². The van der Waals surface area contributed by atoms with E-state index in [2.05, 4.69) is 27.3 Å². The van der Waals surface area contributed by atoms with E-state index in [1.165, 1.54) is 17.8 Å². The van der Waals surface area contributed by atoms with Gasteiger partial charge in [0.25, 0.3) is 0 Å². The summed E-state index contributed by atoms with van der Waals surface area (Å²) in [6, 6.07) is 3.97. The topological polar surface area (TPSA) is 55.6 Å². The van der Waals surface area contributed by atoms with Gasteiger partial charge in [-0.25, -0.2) is 23.4 Å². The Kier molecular flexibility index (Phi) is 5.94. The van der Waals surface area contributed by atoms with Gasteiger partial charge in [0.15, 0.2) is 22.4 Å². The molecule has 2 heterocycles. The standard InChI is InChI=1S/C19H23F2N5S/c1-5-8-26-18-14(10-22-26)17(24-19(25-18)27-4)23-12(3)11(2)13-6-7-15(20)16(21)9-13/h6-7,9-12H,5,8H2,1-4H3,(H,23,24,25)/t11-,12-/m1/s1. The third-order valence-electron chi connectivity index (χ3n) is 4.68. The van der Waals surface area contributed by atoms with Crippen LogP contribution in [0, 0.1) is 11.6 Å². The highest BCUT2D eigenvalue weighted by Gasteiger charge is 2.19. The highest BCUT2D eigenvalue weighted by molar-refractivity contribution is 7.98. The first-order valence-corrected chi connectivity index (χ1v) is 10.2. The molecular weight excluding hydrogens is 368 g/mol. The van der Waals surface area contributed by atoms with Gasteiger partial charge in [0.05, 0.1) is 11.6 Å². The lowest BCUT2D eigenvalue weighted by Gasteiger charge is -2.23. The van der Waals surface area contributed by atoms with Crippen LogP contribution in [0.4, 0.5) is 14.6 Å². The van der Waals surface area contributed by atoms with Gasteiger partial charge in [-0.05, 0) is 37.3 Å². The van der Waals surface area contributed by atoms with Crippen LogP contribution in [0.5, 0.6) is 0 Å². The predicted molar refractivity (Wildman–Crippen MR) is 105 cm³/mol. The molecule has 0 amide bonds. The fraction of sp³-hybridized carbons (Fsp3) is 0.421. The zero-order chi connectivity index (χ0) is 19.6. The van der Waals surface area contributed by atoms with Crippen molar-refractivity contribution >= 4 is 28.6 Å². The van der Waals surface area contributed by atoms with Crippen LogP contribution in [-0.4, -0.2) is 32.0 Å². The van der Waals surface area contributed by atoms with Gasteiger partial charge < -0.3 is 5.32 Å². The lowest BCUT2D eigenvalue weighted by Crippen LogP contribution is -2.23. The van der Waals surface area contributed by atoms with Gasteiger partial charge in [-0.15, -0.1) is 0 Å². The molecule has 8 heteroatoms. The van der Waals surface area contributed by atoms with Crippen LogP contribution in [-0.2, 0) is 6.54 Å². The van der Waals surface area contributed by atoms with E-state index in [1.54, 1.807) is 12.3 Å². The van der Waals surface area contributed by atoms with Crippen molar-refractivity contribution in [1.82, 2.24) is 19.7 Å². The molecular formula is C19H23F2N5S. The van der Waals surface area contributed by atoms with Crippen LogP contribution in [0.3, 0.4) is 0 Å². The molecule has 0 saturated carbocycles. The maximum Gasteiger partial charge on any atom is 0.191 e. The number of benzene rings is 1. The first kappa shape index (κ1) is 19.5. The van der Waals surface area contributed by atoms with E-state index in [-0.39, 0.29) is 12.0 Å².